The zero-order chi connectivity index (χ0) is 10.8. The molecule has 0 saturated carbocycles. The van der Waals surface area contributed by atoms with Crippen LogP contribution in [0.1, 0.15) is 29.3 Å². The Morgan fingerprint density at radius 3 is 2.43 bits per heavy atom. The Bertz CT molecular complexity index is 294. The van der Waals surface area contributed by atoms with Crippen molar-refractivity contribution in [1.82, 2.24) is 4.98 Å². The van der Waals surface area contributed by atoms with Gasteiger partial charge in [-0.3, -0.25) is 0 Å². The molecule has 1 rings (SSSR count). The number of hydrogen-bond acceptors (Lipinski definition) is 1. The van der Waals surface area contributed by atoms with Crippen LogP contribution < -0.4 is 0 Å². The molecule has 0 spiro atoms. The normalized spacial score (nSPS) is 14.1. The van der Waals surface area contributed by atoms with E-state index < -0.39 is 11.9 Å². The fraction of sp³-hybridized carbons (Fsp3) is 0.444. The van der Waals surface area contributed by atoms with Crippen LogP contribution in [0.2, 0.25) is 0 Å². The molecule has 0 aliphatic rings. The van der Waals surface area contributed by atoms with Crippen molar-refractivity contribution in [1.29, 1.82) is 0 Å². The molecule has 0 saturated heterocycles. The van der Waals surface area contributed by atoms with Gasteiger partial charge in [0.1, 0.15) is 0 Å². The molecule has 0 aliphatic carbocycles. The van der Waals surface area contributed by atoms with Gasteiger partial charge in [0.2, 0.25) is 0 Å². The van der Waals surface area contributed by atoms with E-state index in [0.717, 1.165) is 18.1 Å². The third-order valence-electron chi connectivity index (χ3n) is 1.85. The van der Waals surface area contributed by atoms with Crippen molar-refractivity contribution in [3.63, 3.8) is 0 Å². The van der Waals surface area contributed by atoms with E-state index in [9.17, 15) is 13.2 Å². The van der Waals surface area contributed by atoms with Crippen molar-refractivity contribution in [3.8, 4) is 0 Å². The first-order chi connectivity index (χ1) is 6.45. The summed E-state index contributed by atoms with van der Waals surface area (Å²) in [6, 6.07) is 2.49. The van der Waals surface area contributed by atoms with Crippen molar-refractivity contribution in [2.24, 2.45) is 0 Å². The van der Waals surface area contributed by atoms with E-state index in [-0.39, 0.29) is 4.71 Å². The summed E-state index contributed by atoms with van der Waals surface area (Å²) in [4.78, 5) is 3.38. The molecule has 0 unspecified atom stereocenters. The Labute approximate surface area is 89.2 Å². The second kappa shape index (κ2) is 4.35. The summed E-state index contributed by atoms with van der Waals surface area (Å²) in [7, 11) is 0. The van der Waals surface area contributed by atoms with Gasteiger partial charge in [-0.15, -0.1) is 0 Å². The second-order valence-corrected chi connectivity index (χ2v) is 4.21. The molecule has 76 valence electrons. The van der Waals surface area contributed by atoms with Gasteiger partial charge < -0.3 is 0 Å². The zero-order valence-electron chi connectivity index (χ0n) is 7.54. The summed E-state index contributed by atoms with van der Waals surface area (Å²) in [6.45, 7) is 1.97. The van der Waals surface area contributed by atoms with E-state index >= 15 is 0 Å². The molecule has 1 aromatic heterocycles. The molecular weight excluding hydrogens is 254 g/mol. The van der Waals surface area contributed by atoms with E-state index in [1.54, 1.807) is 0 Å². The van der Waals surface area contributed by atoms with Gasteiger partial charge in [0, 0.05) is 0 Å². The molecule has 1 aromatic rings. The van der Waals surface area contributed by atoms with E-state index in [4.69, 9.17) is 0 Å². The van der Waals surface area contributed by atoms with Crippen LogP contribution in [0.5, 0.6) is 0 Å². The topological polar surface area (TPSA) is 12.9 Å². The van der Waals surface area contributed by atoms with E-state index in [2.05, 4.69) is 21.8 Å². The van der Waals surface area contributed by atoms with E-state index in [1.807, 2.05) is 6.92 Å². The molecule has 1 nitrogen and oxygen atoms in total. The molecular formula is C9H9AsF3N. The van der Waals surface area contributed by atoms with Gasteiger partial charge in [0.15, 0.2) is 0 Å². The first-order valence-electron chi connectivity index (χ1n) is 4.16. The van der Waals surface area contributed by atoms with Crippen LogP contribution in [0.3, 0.4) is 0 Å². The average molecular weight is 263 g/mol. The third-order valence-corrected chi connectivity index (χ3v) is 3.24. The number of halogens is 3. The maximum atomic E-state index is 12.1. The molecule has 0 amide bonds. The fourth-order valence-corrected chi connectivity index (χ4v) is 1.33. The number of alkyl halides is 3. The van der Waals surface area contributed by atoms with Gasteiger partial charge in [-0.25, -0.2) is 0 Å². The molecule has 5 heteroatoms. The monoisotopic (exact) mass is 263 g/mol. The predicted octanol–water partition coefficient (Wildman–Crippen LogP) is 2.72. The van der Waals surface area contributed by atoms with E-state index in [1.165, 1.54) is 12.3 Å². The van der Waals surface area contributed by atoms with Crippen LogP contribution in [0.25, 0.3) is 0 Å². The minimum atomic E-state index is -4.34. The number of pyridine rings is 1. The fourth-order valence-electron chi connectivity index (χ4n) is 1.01. The van der Waals surface area contributed by atoms with Gasteiger partial charge in [-0.2, -0.15) is 0 Å². The molecule has 0 fully saturated rings. The SMILES string of the molecule is CC[C@@H]([As])c1ccc(C(F)(F)F)nc1. The Morgan fingerprint density at radius 2 is 2.07 bits per heavy atom. The standard InChI is InChI=1S/C9H9AsF3N/c1-2-7(10)6-3-4-8(14-5-6)9(11,12)13/h3-5,7H,2H2,1H3/t7-/m1/s1. The summed E-state index contributed by atoms with van der Waals surface area (Å²) < 4.78 is 36.6. The molecule has 0 aliphatic heterocycles. The van der Waals surface area contributed by atoms with Crippen LogP contribution in [-0.2, 0) is 6.18 Å². The number of nitrogens with zero attached hydrogens (tertiary/aromatic N) is 1. The van der Waals surface area contributed by atoms with Gasteiger partial charge in [-0.1, -0.05) is 0 Å². The number of aromatic nitrogens is 1. The summed E-state index contributed by atoms with van der Waals surface area (Å²) >= 11 is 2.42. The summed E-state index contributed by atoms with van der Waals surface area (Å²) in [6.07, 6.45) is -2.19. The zero-order valence-corrected chi connectivity index (χ0v) is 9.42. The van der Waals surface area contributed by atoms with Crippen molar-refractivity contribution < 1.29 is 13.2 Å². The van der Waals surface area contributed by atoms with Gasteiger partial charge >= 0.3 is 88.8 Å². The van der Waals surface area contributed by atoms with E-state index in [0.29, 0.717) is 0 Å². The quantitative estimate of drug-likeness (QED) is 0.747. The first kappa shape index (κ1) is 11.6. The van der Waals surface area contributed by atoms with Crippen LogP contribution >= 0.6 is 0 Å². The minimum absolute atomic E-state index is 0.192. The molecule has 14 heavy (non-hydrogen) atoms. The molecule has 1 atom stereocenters. The van der Waals surface area contributed by atoms with Crippen LogP contribution in [0.4, 0.5) is 13.2 Å². The summed E-state index contributed by atoms with van der Waals surface area (Å²) in [5.74, 6) is 0. The summed E-state index contributed by atoms with van der Waals surface area (Å²) in [5, 5.41) is 0. The van der Waals surface area contributed by atoms with Crippen molar-refractivity contribution in [3.05, 3.63) is 29.6 Å². The van der Waals surface area contributed by atoms with Crippen LogP contribution in [0.15, 0.2) is 18.3 Å². The van der Waals surface area contributed by atoms with Crippen molar-refractivity contribution in [2.45, 2.75) is 24.2 Å². The Morgan fingerprint density at radius 1 is 1.43 bits per heavy atom. The molecule has 0 N–H and O–H groups in total. The Kier molecular flexibility index (Phi) is 3.59. The van der Waals surface area contributed by atoms with Crippen LogP contribution in [-0.4, -0.2) is 21.8 Å². The van der Waals surface area contributed by atoms with Gasteiger partial charge in [-0.05, 0) is 0 Å². The van der Waals surface area contributed by atoms with Crippen molar-refractivity contribution >= 4 is 16.9 Å². The predicted molar refractivity (Wildman–Crippen MR) is 48.0 cm³/mol. The van der Waals surface area contributed by atoms with Gasteiger partial charge in [0.05, 0.1) is 0 Å². The summed E-state index contributed by atoms with van der Waals surface area (Å²) in [5.41, 5.74) is -0.0162. The second-order valence-electron chi connectivity index (χ2n) is 2.90. The Hall–Kier alpha value is -0.502. The molecule has 0 bridgehead atoms. The molecule has 2 radical (unpaired) electrons. The average Bonchev–Trinajstić information content (AvgIpc) is 2.15. The molecule has 0 aromatic carbocycles. The third kappa shape index (κ3) is 2.74. The van der Waals surface area contributed by atoms with Crippen molar-refractivity contribution in [2.75, 3.05) is 0 Å². The Balaban J connectivity index is 2.89. The molecule has 1 heterocycles. The van der Waals surface area contributed by atoms with Crippen LogP contribution in [0, 0.1) is 0 Å². The van der Waals surface area contributed by atoms with Gasteiger partial charge in [0.25, 0.3) is 0 Å². The number of rotatable bonds is 2. The first-order valence-corrected chi connectivity index (χ1v) is 5.24. The number of hydrogen-bond donors (Lipinski definition) is 0. The maximum absolute atomic E-state index is 12.1.